The van der Waals surface area contributed by atoms with Gasteiger partial charge in [-0.1, -0.05) is 34.5 Å². The van der Waals surface area contributed by atoms with Gasteiger partial charge in [-0.25, -0.2) is 0 Å². The van der Waals surface area contributed by atoms with Crippen LogP contribution in [0.1, 0.15) is 39.0 Å². The van der Waals surface area contributed by atoms with Crippen molar-refractivity contribution in [2.45, 2.75) is 44.6 Å². The van der Waals surface area contributed by atoms with Crippen LogP contribution in [0.2, 0.25) is 0 Å². The minimum atomic E-state index is -0.518. The van der Waals surface area contributed by atoms with Crippen molar-refractivity contribution in [1.82, 2.24) is 0 Å². The van der Waals surface area contributed by atoms with Crippen molar-refractivity contribution in [2.75, 3.05) is 0 Å². The Balaban J connectivity index is 2.17. The number of hydrogen-bond acceptors (Lipinski definition) is 3. The predicted octanol–water partition coefficient (Wildman–Crippen LogP) is 4.86. The van der Waals surface area contributed by atoms with E-state index in [0.29, 0.717) is 42.2 Å². The molecule has 0 aliphatic heterocycles. The van der Waals surface area contributed by atoms with Gasteiger partial charge in [0.1, 0.15) is 0 Å². The molecule has 1 atom stereocenters. The Morgan fingerprint density at radius 1 is 1.37 bits per heavy atom. The van der Waals surface area contributed by atoms with Gasteiger partial charge >= 0.3 is 0 Å². The lowest BCUT2D eigenvalue weighted by Crippen LogP contribution is -2.39. The first-order valence-electron chi connectivity index (χ1n) is 6.43. The van der Waals surface area contributed by atoms with Gasteiger partial charge in [0.25, 0.3) is 0 Å². The van der Waals surface area contributed by atoms with E-state index in [1.807, 2.05) is 13.0 Å². The summed E-state index contributed by atoms with van der Waals surface area (Å²) in [5, 5.41) is 14.0. The summed E-state index contributed by atoms with van der Waals surface area (Å²) in [5.74, 6) is 0.0729. The first-order valence-corrected chi connectivity index (χ1v) is 7.18. The summed E-state index contributed by atoms with van der Waals surface area (Å²) >= 11 is 12.1. The van der Waals surface area contributed by atoms with Crippen molar-refractivity contribution in [3.63, 3.8) is 0 Å². The Hall–Kier alpha value is -0.850. The highest BCUT2D eigenvalue weighted by molar-refractivity contribution is 6.40. The number of nitrogens with zero attached hydrogens (tertiary/aromatic N) is 2. The summed E-state index contributed by atoms with van der Waals surface area (Å²) in [7, 11) is 0. The molecule has 2 rings (SSSR count). The molecule has 0 radical (unpaired) electrons. The Labute approximate surface area is 123 Å². The van der Waals surface area contributed by atoms with E-state index in [-0.39, 0.29) is 5.92 Å². The number of allylic oxidation sites excluding steroid dienone is 4. The molecule has 0 saturated heterocycles. The number of nitroso groups, excluding NO2 is 1. The van der Waals surface area contributed by atoms with E-state index in [1.165, 1.54) is 0 Å². The molecule has 1 unspecified atom stereocenters. The van der Waals surface area contributed by atoms with Gasteiger partial charge in [0.2, 0.25) is 0 Å². The molecular formula is C14H16Cl2N2O. The maximum atomic E-state index is 10.9. The molecule has 0 heterocycles. The molecule has 102 valence electrons. The number of nitriles is 1. The van der Waals surface area contributed by atoms with Crippen LogP contribution in [0.4, 0.5) is 0 Å². The second-order valence-corrected chi connectivity index (χ2v) is 6.64. The molecule has 0 N–H and O–H groups in total. The lowest BCUT2D eigenvalue weighted by atomic mass is 9.61. The monoisotopic (exact) mass is 298 g/mol. The summed E-state index contributed by atoms with van der Waals surface area (Å²) < 4.78 is 0. The average molecular weight is 299 g/mol. The van der Waals surface area contributed by atoms with Gasteiger partial charge < -0.3 is 0 Å². The van der Waals surface area contributed by atoms with E-state index in [1.54, 1.807) is 6.08 Å². The van der Waals surface area contributed by atoms with E-state index < -0.39 is 11.0 Å². The fourth-order valence-corrected chi connectivity index (χ4v) is 3.30. The van der Waals surface area contributed by atoms with Gasteiger partial charge in [0.15, 0.2) is 0 Å². The third kappa shape index (κ3) is 2.70. The third-order valence-corrected chi connectivity index (χ3v) is 5.31. The highest BCUT2D eigenvalue weighted by Crippen LogP contribution is 2.50. The van der Waals surface area contributed by atoms with Crippen LogP contribution < -0.4 is 0 Å². The molecule has 2 aliphatic carbocycles. The Morgan fingerprint density at radius 3 is 2.47 bits per heavy atom. The Morgan fingerprint density at radius 2 is 2.00 bits per heavy atom. The summed E-state index contributed by atoms with van der Waals surface area (Å²) in [4.78, 5) is 10.9. The topological polar surface area (TPSA) is 53.2 Å². The molecule has 3 nitrogen and oxygen atoms in total. The molecular weight excluding hydrogens is 283 g/mol. The summed E-state index contributed by atoms with van der Waals surface area (Å²) in [6.45, 7) is 1.86. The standard InChI is InChI=1S/C14H16Cl2N2O/c1-13(18-19)4-6-14(9-17,7-5-13)10-2-3-11(15)12(16)8-10/h2-3,10H,4-8H2,1H3. The molecule has 0 bridgehead atoms. The summed E-state index contributed by atoms with van der Waals surface area (Å²) in [5.41, 5.74) is -0.964. The number of hydrogen-bond donors (Lipinski definition) is 0. The second kappa shape index (κ2) is 5.26. The zero-order valence-corrected chi connectivity index (χ0v) is 12.3. The highest BCUT2D eigenvalue weighted by atomic mass is 35.5. The van der Waals surface area contributed by atoms with Crippen molar-refractivity contribution >= 4 is 23.2 Å². The molecule has 0 aromatic rings. The van der Waals surface area contributed by atoms with Crippen molar-refractivity contribution < 1.29 is 0 Å². The first kappa shape index (κ1) is 14.6. The normalized spacial score (nSPS) is 38.9. The van der Waals surface area contributed by atoms with E-state index in [2.05, 4.69) is 11.2 Å². The zero-order valence-electron chi connectivity index (χ0n) is 10.8. The molecule has 1 fully saturated rings. The summed E-state index contributed by atoms with van der Waals surface area (Å²) in [6, 6.07) is 2.47. The van der Waals surface area contributed by atoms with Crippen LogP contribution in [0.15, 0.2) is 27.4 Å². The van der Waals surface area contributed by atoms with Crippen molar-refractivity contribution in [3.05, 3.63) is 27.1 Å². The lowest BCUT2D eigenvalue weighted by Gasteiger charge is -2.42. The maximum Gasteiger partial charge on any atom is 0.0999 e. The van der Waals surface area contributed by atoms with Gasteiger partial charge in [-0.2, -0.15) is 10.2 Å². The quantitative estimate of drug-likeness (QED) is 0.684. The fourth-order valence-electron chi connectivity index (χ4n) is 2.92. The molecule has 0 aromatic heterocycles. The van der Waals surface area contributed by atoms with Crippen molar-refractivity contribution in [1.29, 1.82) is 5.26 Å². The van der Waals surface area contributed by atoms with Crippen LogP contribution in [-0.2, 0) is 0 Å². The van der Waals surface area contributed by atoms with Crippen LogP contribution in [0, 0.1) is 27.6 Å². The minimum absolute atomic E-state index is 0.0729. The van der Waals surface area contributed by atoms with Crippen LogP contribution in [0.25, 0.3) is 0 Å². The predicted molar refractivity (Wildman–Crippen MR) is 76.7 cm³/mol. The van der Waals surface area contributed by atoms with Crippen LogP contribution in [-0.4, -0.2) is 5.54 Å². The van der Waals surface area contributed by atoms with Crippen molar-refractivity contribution in [3.8, 4) is 6.07 Å². The SMILES string of the molecule is CC1(N=O)CCC(C#N)(C2C=CC(Cl)=C(Cl)C2)CC1. The molecule has 5 heteroatoms. The van der Waals surface area contributed by atoms with Gasteiger partial charge in [-0.3, -0.25) is 0 Å². The van der Waals surface area contributed by atoms with Gasteiger partial charge in [0, 0.05) is 11.0 Å². The lowest BCUT2D eigenvalue weighted by molar-refractivity contribution is 0.147. The molecule has 0 spiro atoms. The van der Waals surface area contributed by atoms with E-state index in [0.717, 1.165) is 0 Å². The van der Waals surface area contributed by atoms with E-state index in [4.69, 9.17) is 23.2 Å². The van der Waals surface area contributed by atoms with Gasteiger partial charge in [-0.15, -0.1) is 0 Å². The molecule has 0 aromatic carbocycles. The molecule has 19 heavy (non-hydrogen) atoms. The zero-order chi connectivity index (χ0) is 14.1. The average Bonchev–Trinajstić information content (AvgIpc) is 2.43. The van der Waals surface area contributed by atoms with Gasteiger partial charge in [-0.05, 0) is 45.1 Å². The van der Waals surface area contributed by atoms with E-state index in [9.17, 15) is 10.2 Å². The smallest absolute Gasteiger partial charge is 0.0999 e. The van der Waals surface area contributed by atoms with Crippen LogP contribution in [0.3, 0.4) is 0 Å². The third-order valence-electron chi connectivity index (χ3n) is 4.51. The summed E-state index contributed by atoms with van der Waals surface area (Å²) in [6.07, 6.45) is 7.05. The Bertz CT molecular complexity index is 482. The second-order valence-electron chi connectivity index (χ2n) is 5.78. The van der Waals surface area contributed by atoms with E-state index >= 15 is 0 Å². The minimum Gasteiger partial charge on any atom is -0.198 e. The number of halogens is 2. The molecule has 0 amide bonds. The molecule has 2 aliphatic rings. The first-order chi connectivity index (χ1) is 8.95. The maximum absolute atomic E-state index is 10.9. The van der Waals surface area contributed by atoms with Crippen LogP contribution in [0.5, 0.6) is 0 Å². The molecule has 1 saturated carbocycles. The number of rotatable bonds is 2. The fraction of sp³-hybridized carbons (Fsp3) is 0.643. The van der Waals surface area contributed by atoms with Gasteiger partial charge in [0.05, 0.1) is 22.1 Å². The Kier molecular flexibility index (Phi) is 4.03. The largest absolute Gasteiger partial charge is 0.198 e. The van der Waals surface area contributed by atoms with Crippen molar-refractivity contribution in [2.24, 2.45) is 16.5 Å². The highest BCUT2D eigenvalue weighted by Gasteiger charge is 2.46. The van der Waals surface area contributed by atoms with Crippen LogP contribution >= 0.6 is 23.2 Å².